The van der Waals surface area contributed by atoms with Crippen LogP contribution < -0.4 is 0 Å². The second-order valence-electron chi connectivity index (χ2n) is 7.32. The number of allylic oxidation sites excluding steroid dienone is 5. The molecule has 28 heavy (non-hydrogen) atoms. The SMILES string of the molecule is C=CC/C=C/Cc1csc(C(C)(C)C(O)C/C=C\C(=C)CCC(OC)OC)n1. The number of rotatable bonds is 14. The van der Waals surface area contributed by atoms with Gasteiger partial charge in [0, 0.05) is 37.9 Å². The zero-order valence-corrected chi connectivity index (χ0v) is 18.5. The maximum atomic E-state index is 10.7. The molecule has 1 aromatic heterocycles. The summed E-state index contributed by atoms with van der Waals surface area (Å²) in [6.45, 7) is 11.8. The molecule has 0 spiro atoms. The lowest BCUT2D eigenvalue weighted by Gasteiger charge is -2.27. The number of thiazole rings is 1. The van der Waals surface area contributed by atoms with Crippen molar-refractivity contribution in [3.63, 3.8) is 0 Å². The maximum absolute atomic E-state index is 10.7. The van der Waals surface area contributed by atoms with Crippen LogP contribution in [0.2, 0.25) is 0 Å². The van der Waals surface area contributed by atoms with Gasteiger partial charge in [-0.1, -0.05) is 56.4 Å². The molecule has 0 aliphatic heterocycles. The van der Waals surface area contributed by atoms with Crippen LogP contribution in [-0.2, 0) is 21.3 Å². The van der Waals surface area contributed by atoms with E-state index < -0.39 is 11.5 Å². The first kappa shape index (κ1) is 24.5. The van der Waals surface area contributed by atoms with Crippen LogP contribution in [0.4, 0.5) is 0 Å². The Labute approximate surface area is 174 Å². The highest BCUT2D eigenvalue weighted by Gasteiger charge is 2.32. The summed E-state index contributed by atoms with van der Waals surface area (Å²) in [4.78, 5) is 4.72. The van der Waals surface area contributed by atoms with Crippen molar-refractivity contribution in [3.05, 3.63) is 65.2 Å². The van der Waals surface area contributed by atoms with E-state index in [-0.39, 0.29) is 6.29 Å². The third kappa shape index (κ3) is 8.23. The monoisotopic (exact) mass is 405 g/mol. The highest BCUT2D eigenvalue weighted by molar-refractivity contribution is 7.09. The van der Waals surface area contributed by atoms with Crippen LogP contribution in [0.25, 0.3) is 0 Å². The van der Waals surface area contributed by atoms with E-state index in [0.717, 1.165) is 42.0 Å². The van der Waals surface area contributed by atoms with Gasteiger partial charge in [-0.05, 0) is 19.3 Å². The van der Waals surface area contributed by atoms with Crippen LogP contribution in [0.15, 0.2) is 54.5 Å². The predicted octanol–water partition coefficient (Wildman–Crippen LogP) is 5.36. The van der Waals surface area contributed by atoms with E-state index >= 15 is 0 Å². The second-order valence-corrected chi connectivity index (χ2v) is 8.18. The molecule has 1 heterocycles. The van der Waals surface area contributed by atoms with Crippen molar-refractivity contribution in [1.82, 2.24) is 4.98 Å². The molecule has 1 unspecified atom stereocenters. The Morgan fingerprint density at radius 3 is 2.64 bits per heavy atom. The molecule has 4 nitrogen and oxygen atoms in total. The fourth-order valence-electron chi connectivity index (χ4n) is 2.61. The molecule has 1 N–H and O–H groups in total. The molecular formula is C23H35NO3S. The number of hydrogen-bond donors (Lipinski definition) is 1. The number of ether oxygens (including phenoxy) is 2. The molecule has 0 aromatic carbocycles. The molecule has 0 aliphatic rings. The zero-order chi connectivity index (χ0) is 21.0. The van der Waals surface area contributed by atoms with Gasteiger partial charge in [0.1, 0.15) is 5.01 Å². The quantitative estimate of drug-likeness (QED) is 0.257. The first-order valence-electron chi connectivity index (χ1n) is 9.63. The summed E-state index contributed by atoms with van der Waals surface area (Å²) >= 11 is 1.61. The summed E-state index contributed by atoms with van der Waals surface area (Å²) in [5.74, 6) is 0. The minimum Gasteiger partial charge on any atom is -0.392 e. The summed E-state index contributed by atoms with van der Waals surface area (Å²) in [6, 6.07) is 0. The Balaban J connectivity index is 2.55. The molecule has 1 aromatic rings. The van der Waals surface area contributed by atoms with E-state index in [1.165, 1.54) is 0 Å². The Kier molecular flexibility index (Phi) is 11.2. The van der Waals surface area contributed by atoms with E-state index in [1.807, 2.05) is 32.1 Å². The standard InChI is InChI=1S/C23H35NO3S/c1-7-8-9-10-13-19-17-28-22(24-19)23(3,4)20(25)14-11-12-18(2)15-16-21(26-5)27-6/h7,9-12,17,20-21,25H,1-2,8,13-16H2,3-6H3/b10-9+,12-11-. The molecule has 5 heteroatoms. The van der Waals surface area contributed by atoms with Crippen molar-refractivity contribution < 1.29 is 14.6 Å². The van der Waals surface area contributed by atoms with E-state index in [0.29, 0.717) is 6.42 Å². The molecule has 0 amide bonds. The van der Waals surface area contributed by atoms with Crippen molar-refractivity contribution in [2.24, 2.45) is 0 Å². The van der Waals surface area contributed by atoms with Crippen molar-refractivity contribution in [2.45, 2.75) is 63.8 Å². The Morgan fingerprint density at radius 1 is 1.29 bits per heavy atom. The molecule has 0 radical (unpaired) electrons. The minimum absolute atomic E-state index is 0.208. The van der Waals surface area contributed by atoms with Crippen molar-refractivity contribution in [1.29, 1.82) is 0 Å². The van der Waals surface area contributed by atoms with Crippen LogP contribution >= 0.6 is 11.3 Å². The lowest BCUT2D eigenvalue weighted by atomic mass is 9.85. The highest BCUT2D eigenvalue weighted by atomic mass is 32.1. The van der Waals surface area contributed by atoms with Crippen LogP contribution in [-0.4, -0.2) is 36.7 Å². The molecule has 1 atom stereocenters. The van der Waals surface area contributed by atoms with Gasteiger partial charge >= 0.3 is 0 Å². The first-order chi connectivity index (χ1) is 13.3. The maximum Gasteiger partial charge on any atom is 0.157 e. The smallest absolute Gasteiger partial charge is 0.157 e. The summed E-state index contributed by atoms with van der Waals surface area (Å²) in [5, 5.41) is 13.7. The van der Waals surface area contributed by atoms with Crippen molar-refractivity contribution in [2.75, 3.05) is 14.2 Å². The van der Waals surface area contributed by atoms with E-state index in [2.05, 4.69) is 30.7 Å². The van der Waals surface area contributed by atoms with Gasteiger partial charge in [-0.3, -0.25) is 0 Å². The number of nitrogens with zero attached hydrogens (tertiary/aromatic N) is 1. The highest BCUT2D eigenvalue weighted by Crippen LogP contribution is 2.32. The average Bonchev–Trinajstić information content (AvgIpc) is 3.15. The van der Waals surface area contributed by atoms with Gasteiger partial charge < -0.3 is 14.6 Å². The normalized spacial score (nSPS) is 13.6. The van der Waals surface area contributed by atoms with Crippen LogP contribution in [0.5, 0.6) is 0 Å². The van der Waals surface area contributed by atoms with Crippen molar-refractivity contribution in [3.8, 4) is 0 Å². The fourth-order valence-corrected chi connectivity index (χ4v) is 3.62. The second kappa shape index (κ2) is 12.8. The third-order valence-corrected chi connectivity index (χ3v) is 5.90. The fraction of sp³-hybridized carbons (Fsp3) is 0.522. The van der Waals surface area contributed by atoms with E-state index in [1.54, 1.807) is 25.6 Å². The van der Waals surface area contributed by atoms with Gasteiger partial charge in [-0.2, -0.15) is 0 Å². The number of aromatic nitrogens is 1. The Hall–Kier alpha value is -1.53. The van der Waals surface area contributed by atoms with Crippen molar-refractivity contribution >= 4 is 11.3 Å². The molecule has 0 saturated carbocycles. The third-order valence-electron chi connectivity index (χ3n) is 4.67. The van der Waals surface area contributed by atoms with Gasteiger partial charge in [0.15, 0.2) is 6.29 Å². The first-order valence-corrected chi connectivity index (χ1v) is 10.5. The zero-order valence-electron chi connectivity index (χ0n) is 17.7. The molecule has 0 saturated heterocycles. The predicted molar refractivity (Wildman–Crippen MR) is 119 cm³/mol. The molecule has 0 bridgehead atoms. The van der Waals surface area contributed by atoms with Gasteiger partial charge in [0.05, 0.1) is 11.8 Å². The van der Waals surface area contributed by atoms with E-state index in [9.17, 15) is 5.11 Å². The summed E-state index contributed by atoms with van der Waals surface area (Å²) < 4.78 is 10.4. The largest absolute Gasteiger partial charge is 0.392 e. The minimum atomic E-state index is -0.516. The molecule has 0 fully saturated rings. The topological polar surface area (TPSA) is 51.6 Å². The molecule has 1 rings (SSSR count). The summed E-state index contributed by atoms with van der Waals surface area (Å²) in [5.41, 5.74) is 1.62. The Bertz CT molecular complexity index is 657. The Morgan fingerprint density at radius 2 is 2.00 bits per heavy atom. The van der Waals surface area contributed by atoms with Gasteiger partial charge in [0.2, 0.25) is 0 Å². The van der Waals surface area contributed by atoms with Gasteiger partial charge in [0.25, 0.3) is 0 Å². The van der Waals surface area contributed by atoms with E-state index in [4.69, 9.17) is 14.5 Å². The van der Waals surface area contributed by atoms with Gasteiger partial charge in [-0.25, -0.2) is 4.98 Å². The van der Waals surface area contributed by atoms with Crippen LogP contribution in [0, 0.1) is 0 Å². The number of aliphatic hydroxyl groups excluding tert-OH is 1. The average molecular weight is 406 g/mol. The van der Waals surface area contributed by atoms with Gasteiger partial charge in [-0.15, -0.1) is 17.9 Å². The molecule has 0 aliphatic carbocycles. The van der Waals surface area contributed by atoms with Crippen LogP contribution in [0.3, 0.4) is 0 Å². The number of aliphatic hydroxyl groups is 1. The molecular weight excluding hydrogens is 370 g/mol. The number of methoxy groups -OCH3 is 2. The lowest BCUT2D eigenvalue weighted by molar-refractivity contribution is -0.105. The summed E-state index contributed by atoms with van der Waals surface area (Å²) in [6.07, 6.45) is 13.1. The van der Waals surface area contributed by atoms with Crippen LogP contribution in [0.1, 0.15) is 50.2 Å². The summed E-state index contributed by atoms with van der Waals surface area (Å²) in [7, 11) is 3.26. The molecule has 156 valence electrons. The number of hydrogen-bond acceptors (Lipinski definition) is 5. The lowest BCUT2D eigenvalue weighted by Crippen LogP contribution is -2.33.